The van der Waals surface area contributed by atoms with Crippen LogP contribution in [0.2, 0.25) is 0 Å². The lowest BCUT2D eigenvalue weighted by Gasteiger charge is -2.06. The molecule has 2 aromatic heterocycles. The number of hydrogen-bond acceptors (Lipinski definition) is 4. The maximum atomic E-state index is 12.1. The lowest BCUT2D eigenvalue weighted by atomic mass is 10.2. The molecule has 2 aromatic rings. The zero-order valence-corrected chi connectivity index (χ0v) is 13.5. The number of pyridine rings is 1. The van der Waals surface area contributed by atoms with Crippen LogP contribution in [0.5, 0.6) is 0 Å². The van der Waals surface area contributed by atoms with Crippen LogP contribution in [-0.4, -0.2) is 19.9 Å². The highest BCUT2D eigenvalue weighted by Gasteiger charge is 2.18. The molecule has 0 saturated heterocycles. The molecule has 0 aliphatic carbocycles. The van der Waals surface area contributed by atoms with Crippen LogP contribution in [0.15, 0.2) is 39.3 Å². The summed E-state index contributed by atoms with van der Waals surface area (Å²) in [5.41, 5.74) is 1.01. The third-order valence-corrected chi connectivity index (χ3v) is 5.83. The summed E-state index contributed by atoms with van der Waals surface area (Å²) in [5, 5.41) is 0. The molecule has 1 N–H and O–H groups in total. The fraction of sp³-hybridized carbons (Fsp3) is 0.250. The molecule has 19 heavy (non-hydrogen) atoms. The number of rotatable bonds is 5. The highest BCUT2D eigenvalue weighted by Crippen LogP contribution is 2.29. The van der Waals surface area contributed by atoms with Gasteiger partial charge in [-0.05, 0) is 47.0 Å². The summed E-state index contributed by atoms with van der Waals surface area (Å²) in [6.07, 6.45) is 4.05. The van der Waals surface area contributed by atoms with Gasteiger partial charge in [0.1, 0.15) is 0 Å². The van der Waals surface area contributed by atoms with Crippen molar-refractivity contribution in [2.45, 2.75) is 18.2 Å². The maximum Gasteiger partial charge on any atom is 0.241 e. The Balaban J connectivity index is 2.01. The minimum absolute atomic E-state index is 0.343. The van der Waals surface area contributed by atoms with Crippen LogP contribution in [0.4, 0.5) is 0 Å². The van der Waals surface area contributed by atoms with E-state index in [0.717, 1.165) is 14.2 Å². The third-order valence-electron chi connectivity index (χ3n) is 2.56. The number of nitrogens with one attached hydrogen (secondary N) is 1. The number of halogens is 1. The molecule has 0 amide bonds. The average molecular weight is 361 g/mol. The Bertz CT molecular complexity index is 654. The van der Waals surface area contributed by atoms with Gasteiger partial charge in [0.05, 0.1) is 8.68 Å². The second-order valence-corrected chi connectivity index (χ2v) is 8.35. The van der Waals surface area contributed by atoms with Crippen LogP contribution in [0.3, 0.4) is 0 Å². The van der Waals surface area contributed by atoms with Gasteiger partial charge in [-0.15, -0.1) is 11.3 Å². The molecule has 0 atom stereocenters. The van der Waals surface area contributed by atoms with E-state index >= 15 is 0 Å². The van der Waals surface area contributed by atoms with Crippen molar-refractivity contribution < 1.29 is 8.42 Å². The third kappa shape index (κ3) is 3.85. The van der Waals surface area contributed by atoms with E-state index in [9.17, 15) is 8.42 Å². The van der Waals surface area contributed by atoms with E-state index in [2.05, 4.69) is 25.6 Å². The van der Waals surface area contributed by atoms with Crippen molar-refractivity contribution in [1.29, 1.82) is 0 Å². The molecule has 0 aliphatic rings. The quantitative estimate of drug-likeness (QED) is 0.891. The molecule has 0 saturated carbocycles. The Morgan fingerprint density at radius 2 is 2.26 bits per heavy atom. The van der Waals surface area contributed by atoms with E-state index in [-0.39, 0.29) is 0 Å². The van der Waals surface area contributed by atoms with Gasteiger partial charge in [0.2, 0.25) is 10.0 Å². The number of sulfonamides is 1. The van der Waals surface area contributed by atoms with Gasteiger partial charge in [0.25, 0.3) is 0 Å². The minimum Gasteiger partial charge on any atom is -0.264 e. The number of aromatic nitrogens is 1. The van der Waals surface area contributed by atoms with E-state index in [1.54, 1.807) is 25.4 Å². The van der Waals surface area contributed by atoms with Gasteiger partial charge < -0.3 is 0 Å². The van der Waals surface area contributed by atoms with Crippen molar-refractivity contribution in [3.63, 3.8) is 0 Å². The van der Waals surface area contributed by atoms with Crippen molar-refractivity contribution >= 4 is 37.3 Å². The molecular weight excluding hydrogens is 348 g/mol. The zero-order chi connectivity index (χ0) is 13.9. The summed E-state index contributed by atoms with van der Waals surface area (Å²) in [5.74, 6) is 0. The van der Waals surface area contributed by atoms with E-state index in [0.29, 0.717) is 17.9 Å². The highest BCUT2D eigenvalue weighted by atomic mass is 79.9. The van der Waals surface area contributed by atoms with E-state index in [4.69, 9.17) is 0 Å². The Kier molecular flexibility index (Phi) is 4.72. The van der Waals surface area contributed by atoms with Gasteiger partial charge in [0.15, 0.2) is 0 Å². The van der Waals surface area contributed by atoms with Crippen molar-refractivity contribution in [1.82, 2.24) is 9.71 Å². The van der Waals surface area contributed by atoms with Gasteiger partial charge in [-0.3, -0.25) is 4.98 Å². The van der Waals surface area contributed by atoms with Gasteiger partial charge in [-0.1, -0.05) is 6.07 Å². The topological polar surface area (TPSA) is 59.1 Å². The second-order valence-electron chi connectivity index (χ2n) is 3.98. The van der Waals surface area contributed by atoms with Crippen molar-refractivity contribution in [2.75, 3.05) is 6.54 Å². The molecule has 0 aromatic carbocycles. The molecule has 0 radical (unpaired) electrons. The molecule has 0 fully saturated rings. The molecule has 2 heterocycles. The van der Waals surface area contributed by atoms with Crippen LogP contribution in [0.1, 0.15) is 10.4 Å². The largest absolute Gasteiger partial charge is 0.264 e. The fourth-order valence-electron chi connectivity index (χ4n) is 1.65. The lowest BCUT2D eigenvalue weighted by Crippen LogP contribution is -2.26. The number of aryl methyl sites for hydroxylation is 1. The van der Waals surface area contributed by atoms with Crippen LogP contribution in [0.25, 0.3) is 0 Å². The normalized spacial score (nSPS) is 11.7. The van der Waals surface area contributed by atoms with Gasteiger partial charge in [-0.2, -0.15) is 0 Å². The summed E-state index contributed by atoms with van der Waals surface area (Å²) in [6.45, 7) is 2.16. The van der Waals surface area contributed by atoms with E-state index in [1.807, 2.05) is 12.1 Å². The van der Waals surface area contributed by atoms with Crippen LogP contribution in [-0.2, 0) is 16.4 Å². The Morgan fingerprint density at radius 1 is 1.47 bits per heavy atom. The molecule has 7 heteroatoms. The first-order valence-electron chi connectivity index (χ1n) is 5.63. The zero-order valence-electron chi connectivity index (χ0n) is 10.3. The molecule has 0 spiro atoms. The van der Waals surface area contributed by atoms with Crippen LogP contribution < -0.4 is 4.72 Å². The predicted molar refractivity (Wildman–Crippen MR) is 79.9 cm³/mol. The Morgan fingerprint density at radius 3 is 2.84 bits per heavy atom. The standard InChI is InChI=1S/C12H13BrN2O2S2/c1-9-11(7-12(13)18-9)19(16,17)15-6-4-10-3-2-5-14-8-10/h2-3,5,7-8,15H,4,6H2,1H3. The summed E-state index contributed by atoms with van der Waals surface area (Å²) < 4.78 is 27.7. The molecule has 0 aliphatic heterocycles. The first-order chi connectivity index (χ1) is 8.99. The second kappa shape index (κ2) is 6.13. The van der Waals surface area contributed by atoms with Gasteiger partial charge >= 0.3 is 0 Å². The monoisotopic (exact) mass is 360 g/mol. The number of thiophene rings is 1. The SMILES string of the molecule is Cc1sc(Br)cc1S(=O)(=O)NCCc1cccnc1. The van der Waals surface area contributed by atoms with Crippen LogP contribution >= 0.6 is 27.3 Å². The van der Waals surface area contributed by atoms with Gasteiger partial charge in [-0.25, -0.2) is 13.1 Å². The molecule has 2 rings (SSSR count). The predicted octanol–water partition coefficient (Wildman–Crippen LogP) is 2.74. The Hall–Kier alpha value is -0.760. The minimum atomic E-state index is -3.43. The van der Waals surface area contributed by atoms with E-state index in [1.165, 1.54) is 11.3 Å². The van der Waals surface area contributed by atoms with Crippen LogP contribution in [0, 0.1) is 6.92 Å². The molecule has 0 bridgehead atoms. The van der Waals surface area contributed by atoms with Crippen molar-refractivity contribution in [3.05, 3.63) is 44.8 Å². The first kappa shape index (κ1) is 14.6. The summed E-state index contributed by atoms with van der Waals surface area (Å²) >= 11 is 4.71. The Labute approximate surface area is 125 Å². The van der Waals surface area contributed by atoms with Crippen molar-refractivity contribution in [3.8, 4) is 0 Å². The molecule has 4 nitrogen and oxygen atoms in total. The maximum absolute atomic E-state index is 12.1. The first-order valence-corrected chi connectivity index (χ1v) is 8.73. The highest BCUT2D eigenvalue weighted by molar-refractivity contribution is 9.11. The number of nitrogens with zero attached hydrogens (tertiary/aromatic N) is 1. The molecular formula is C12H13BrN2O2S2. The van der Waals surface area contributed by atoms with Gasteiger partial charge in [0, 0.05) is 23.8 Å². The number of hydrogen-bond donors (Lipinski definition) is 1. The summed E-state index contributed by atoms with van der Waals surface area (Å²) in [4.78, 5) is 5.12. The molecule has 0 unspecified atom stereocenters. The van der Waals surface area contributed by atoms with E-state index < -0.39 is 10.0 Å². The van der Waals surface area contributed by atoms with Crippen molar-refractivity contribution in [2.24, 2.45) is 0 Å². The summed E-state index contributed by atoms with van der Waals surface area (Å²) in [6, 6.07) is 5.39. The fourth-order valence-corrected chi connectivity index (χ4v) is 5.10. The molecule has 102 valence electrons. The lowest BCUT2D eigenvalue weighted by molar-refractivity contribution is 0.581. The average Bonchev–Trinajstić information content (AvgIpc) is 2.70. The smallest absolute Gasteiger partial charge is 0.241 e. The summed E-state index contributed by atoms with van der Waals surface area (Å²) in [7, 11) is -3.43.